The maximum Gasteiger partial charge on any atom is 0.143 e. The molecular formula is C9H12ClNO. The summed E-state index contributed by atoms with van der Waals surface area (Å²) in [4.78, 5) is 0. The van der Waals surface area contributed by atoms with Gasteiger partial charge in [-0.1, -0.05) is 12.1 Å². The highest BCUT2D eigenvalue weighted by atomic mass is 35.5. The summed E-state index contributed by atoms with van der Waals surface area (Å²) in [6, 6.07) is 0. The van der Waals surface area contributed by atoms with Gasteiger partial charge in [0.2, 0.25) is 0 Å². The van der Waals surface area contributed by atoms with Crippen LogP contribution in [0.15, 0.2) is 4.52 Å². The first-order chi connectivity index (χ1) is 5.83. The summed E-state index contributed by atoms with van der Waals surface area (Å²) in [6.07, 6.45) is 3.54. The summed E-state index contributed by atoms with van der Waals surface area (Å²) in [5.41, 5.74) is 2.21. The molecule has 0 saturated heterocycles. The van der Waals surface area contributed by atoms with Crippen LogP contribution in [0.3, 0.4) is 0 Å². The molecule has 0 amide bonds. The van der Waals surface area contributed by atoms with Gasteiger partial charge in [0.15, 0.2) is 0 Å². The zero-order valence-corrected chi connectivity index (χ0v) is 7.90. The van der Waals surface area contributed by atoms with Gasteiger partial charge in [-0.25, -0.2) is 0 Å². The number of hydrogen-bond donors (Lipinski definition) is 0. The first-order valence-electron chi connectivity index (χ1n) is 4.36. The molecule has 1 atom stereocenters. The van der Waals surface area contributed by atoms with Crippen LogP contribution in [0.2, 0.25) is 0 Å². The summed E-state index contributed by atoms with van der Waals surface area (Å²) in [6.45, 7) is 2.18. The lowest BCUT2D eigenvalue weighted by Gasteiger charge is -2.15. The van der Waals surface area contributed by atoms with Crippen molar-refractivity contribution in [2.75, 3.05) is 0 Å². The number of fused-ring (bicyclic) bond motifs is 1. The van der Waals surface area contributed by atoms with Crippen LogP contribution in [0.25, 0.3) is 0 Å². The van der Waals surface area contributed by atoms with Crippen molar-refractivity contribution in [2.45, 2.75) is 38.0 Å². The Morgan fingerprint density at radius 1 is 1.67 bits per heavy atom. The maximum atomic E-state index is 5.73. The van der Waals surface area contributed by atoms with Gasteiger partial charge in [-0.3, -0.25) is 0 Å². The highest BCUT2D eigenvalue weighted by molar-refractivity contribution is 6.17. The monoisotopic (exact) mass is 185 g/mol. The average molecular weight is 186 g/mol. The van der Waals surface area contributed by atoms with E-state index >= 15 is 0 Å². The summed E-state index contributed by atoms with van der Waals surface area (Å²) < 4.78 is 5.26. The third-order valence-electron chi connectivity index (χ3n) is 2.54. The molecule has 1 unspecified atom stereocenters. The van der Waals surface area contributed by atoms with Crippen molar-refractivity contribution < 1.29 is 4.52 Å². The van der Waals surface area contributed by atoms with Gasteiger partial charge in [-0.2, -0.15) is 0 Å². The molecule has 1 heterocycles. The van der Waals surface area contributed by atoms with E-state index in [1.54, 1.807) is 0 Å². The molecule has 1 aliphatic rings. The Morgan fingerprint density at radius 2 is 2.50 bits per heavy atom. The molecule has 1 aliphatic carbocycles. The minimum absolute atomic E-state index is 0.478. The second-order valence-electron chi connectivity index (χ2n) is 3.40. The topological polar surface area (TPSA) is 26.0 Å². The van der Waals surface area contributed by atoms with E-state index in [1.807, 2.05) is 0 Å². The van der Waals surface area contributed by atoms with E-state index in [9.17, 15) is 0 Å². The van der Waals surface area contributed by atoms with Gasteiger partial charge in [0.25, 0.3) is 0 Å². The predicted molar refractivity (Wildman–Crippen MR) is 47.4 cm³/mol. The smallest absolute Gasteiger partial charge is 0.143 e. The van der Waals surface area contributed by atoms with E-state index in [0.29, 0.717) is 11.8 Å². The zero-order valence-electron chi connectivity index (χ0n) is 7.14. The van der Waals surface area contributed by atoms with Crippen molar-refractivity contribution in [2.24, 2.45) is 0 Å². The molecule has 2 nitrogen and oxygen atoms in total. The van der Waals surface area contributed by atoms with Gasteiger partial charge in [0.05, 0.1) is 5.88 Å². The first kappa shape index (κ1) is 8.11. The Hall–Kier alpha value is -0.500. The molecule has 0 aliphatic heterocycles. The highest BCUT2D eigenvalue weighted by Crippen LogP contribution is 2.33. The number of aromatic nitrogens is 1. The highest BCUT2D eigenvalue weighted by Gasteiger charge is 2.23. The SMILES string of the molecule is CC1CCCc2c(CCl)noc21. The first-order valence-corrected chi connectivity index (χ1v) is 4.89. The molecule has 0 fully saturated rings. The number of rotatable bonds is 1. The Labute approximate surface area is 76.9 Å². The van der Waals surface area contributed by atoms with Gasteiger partial charge in [0, 0.05) is 11.5 Å². The van der Waals surface area contributed by atoms with Crippen LogP contribution < -0.4 is 0 Å². The minimum atomic E-state index is 0.478. The number of halogens is 1. The minimum Gasteiger partial charge on any atom is -0.361 e. The predicted octanol–water partition coefficient (Wildman–Crippen LogP) is 2.85. The molecular weight excluding hydrogens is 174 g/mol. The molecule has 1 aromatic heterocycles. The fourth-order valence-electron chi connectivity index (χ4n) is 1.83. The molecule has 3 heteroatoms. The van der Waals surface area contributed by atoms with Crippen molar-refractivity contribution in [3.63, 3.8) is 0 Å². The lowest BCUT2D eigenvalue weighted by atomic mass is 9.89. The fourth-order valence-corrected chi connectivity index (χ4v) is 2.04. The molecule has 0 aromatic carbocycles. The van der Waals surface area contributed by atoms with Crippen molar-refractivity contribution in [3.05, 3.63) is 17.0 Å². The van der Waals surface area contributed by atoms with Crippen molar-refractivity contribution >= 4 is 11.6 Å². The zero-order chi connectivity index (χ0) is 8.55. The Bertz CT molecular complexity index is 282. The molecule has 1 aromatic rings. The summed E-state index contributed by atoms with van der Waals surface area (Å²) in [5, 5.41) is 3.96. The number of alkyl halides is 1. The van der Waals surface area contributed by atoms with Crippen LogP contribution in [-0.4, -0.2) is 5.16 Å². The van der Waals surface area contributed by atoms with Crippen molar-refractivity contribution in [1.29, 1.82) is 0 Å². The fraction of sp³-hybridized carbons (Fsp3) is 0.667. The third-order valence-corrected chi connectivity index (χ3v) is 2.79. The van der Waals surface area contributed by atoms with Crippen LogP contribution >= 0.6 is 11.6 Å². The normalized spacial score (nSPS) is 22.3. The Balaban J connectivity index is 2.41. The average Bonchev–Trinajstić information content (AvgIpc) is 2.49. The Morgan fingerprint density at radius 3 is 3.25 bits per heavy atom. The number of nitrogens with zero attached hydrogens (tertiary/aromatic N) is 1. The maximum absolute atomic E-state index is 5.73. The van der Waals surface area contributed by atoms with E-state index in [4.69, 9.17) is 16.1 Å². The van der Waals surface area contributed by atoms with E-state index in [0.717, 1.165) is 17.9 Å². The quantitative estimate of drug-likeness (QED) is 0.629. The molecule has 2 rings (SSSR count). The van der Waals surface area contributed by atoms with E-state index in [2.05, 4.69) is 12.1 Å². The summed E-state index contributed by atoms with van der Waals surface area (Å²) in [7, 11) is 0. The van der Waals surface area contributed by atoms with Gasteiger partial charge >= 0.3 is 0 Å². The standard InChI is InChI=1S/C9H12ClNO/c1-6-3-2-4-7-8(5-10)11-12-9(6)7/h6H,2-5H2,1H3. The van der Waals surface area contributed by atoms with Crippen LogP contribution in [0.1, 0.15) is 42.7 Å². The van der Waals surface area contributed by atoms with Gasteiger partial charge in [-0.05, 0) is 19.3 Å². The molecule has 12 heavy (non-hydrogen) atoms. The molecule has 0 spiro atoms. The molecule has 66 valence electrons. The largest absolute Gasteiger partial charge is 0.361 e. The second-order valence-corrected chi connectivity index (χ2v) is 3.67. The molecule has 0 radical (unpaired) electrons. The molecule has 0 N–H and O–H groups in total. The van der Waals surface area contributed by atoms with Crippen molar-refractivity contribution in [3.8, 4) is 0 Å². The van der Waals surface area contributed by atoms with E-state index < -0.39 is 0 Å². The molecule has 0 saturated carbocycles. The number of hydrogen-bond acceptors (Lipinski definition) is 2. The van der Waals surface area contributed by atoms with Crippen LogP contribution in [0.5, 0.6) is 0 Å². The van der Waals surface area contributed by atoms with Crippen molar-refractivity contribution in [1.82, 2.24) is 5.16 Å². The van der Waals surface area contributed by atoms with Gasteiger partial charge in [-0.15, -0.1) is 11.6 Å². The van der Waals surface area contributed by atoms with Gasteiger partial charge in [0.1, 0.15) is 11.5 Å². The van der Waals surface area contributed by atoms with Crippen LogP contribution in [0, 0.1) is 0 Å². The van der Waals surface area contributed by atoms with Crippen LogP contribution in [-0.2, 0) is 12.3 Å². The summed E-state index contributed by atoms with van der Waals surface area (Å²) >= 11 is 5.73. The van der Waals surface area contributed by atoms with Crippen LogP contribution in [0.4, 0.5) is 0 Å². The molecule has 0 bridgehead atoms. The second kappa shape index (κ2) is 3.09. The lowest BCUT2D eigenvalue weighted by molar-refractivity contribution is 0.346. The summed E-state index contributed by atoms with van der Waals surface area (Å²) in [5.74, 6) is 2.07. The van der Waals surface area contributed by atoms with Gasteiger partial charge < -0.3 is 4.52 Å². The third kappa shape index (κ3) is 1.14. The lowest BCUT2D eigenvalue weighted by Crippen LogP contribution is -2.05. The van der Waals surface area contributed by atoms with E-state index in [-0.39, 0.29) is 0 Å². The Kier molecular flexibility index (Phi) is 2.09. The van der Waals surface area contributed by atoms with E-state index in [1.165, 1.54) is 18.4 Å².